The highest BCUT2D eigenvalue weighted by Crippen LogP contribution is 2.28. The molecule has 29 heavy (non-hydrogen) atoms. The fraction of sp³-hybridized carbons (Fsp3) is 0.190. The summed E-state index contributed by atoms with van der Waals surface area (Å²) in [4.78, 5) is 28.2. The number of benzene rings is 2. The number of amides is 2. The standard InChI is InChI=1S/C21H21N3O4S/c1-13-4-7-16(8-5-13)28-11-20-23-18(12-29-20)21(26)24-17-10-15(22-14(2)25)6-9-19(17)27-3/h4-10,12H,11H2,1-3H3,(H,22,25)(H,24,26). The molecule has 150 valence electrons. The van der Waals surface area contributed by atoms with Crippen molar-refractivity contribution in [3.05, 3.63) is 64.1 Å². The molecule has 3 aromatic rings. The Bertz CT molecular complexity index is 1020. The van der Waals surface area contributed by atoms with Gasteiger partial charge >= 0.3 is 0 Å². The van der Waals surface area contributed by atoms with Gasteiger partial charge in [0.25, 0.3) is 5.91 Å². The van der Waals surface area contributed by atoms with E-state index >= 15 is 0 Å². The minimum atomic E-state index is -0.374. The molecule has 0 spiro atoms. The fourth-order valence-electron chi connectivity index (χ4n) is 2.53. The van der Waals surface area contributed by atoms with Crippen molar-refractivity contribution in [2.24, 2.45) is 0 Å². The first-order valence-electron chi connectivity index (χ1n) is 8.85. The molecule has 0 fully saturated rings. The first kappa shape index (κ1) is 20.3. The maximum absolute atomic E-state index is 12.6. The molecule has 0 aliphatic heterocycles. The minimum absolute atomic E-state index is 0.204. The first-order valence-corrected chi connectivity index (χ1v) is 9.73. The van der Waals surface area contributed by atoms with Gasteiger partial charge in [0, 0.05) is 18.0 Å². The highest BCUT2D eigenvalue weighted by atomic mass is 32.1. The number of methoxy groups -OCH3 is 1. The van der Waals surface area contributed by atoms with Crippen LogP contribution in [0.1, 0.15) is 28.0 Å². The number of anilines is 2. The molecule has 0 bridgehead atoms. The zero-order valence-electron chi connectivity index (χ0n) is 16.3. The van der Waals surface area contributed by atoms with E-state index in [2.05, 4.69) is 15.6 Å². The summed E-state index contributed by atoms with van der Waals surface area (Å²) in [5.74, 6) is 0.646. The van der Waals surface area contributed by atoms with Crippen LogP contribution in [-0.2, 0) is 11.4 Å². The van der Waals surface area contributed by atoms with Crippen molar-refractivity contribution in [2.45, 2.75) is 20.5 Å². The van der Waals surface area contributed by atoms with Crippen LogP contribution in [0.25, 0.3) is 0 Å². The maximum atomic E-state index is 12.6. The second-order valence-corrected chi connectivity index (χ2v) is 7.22. The topological polar surface area (TPSA) is 89.6 Å². The third-order valence-corrected chi connectivity index (χ3v) is 4.76. The minimum Gasteiger partial charge on any atom is -0.495 e. The Labute approximate surface area is 172 Å². The van der Waals surface area contributed by atoms with Gasteiger partial charge < -0.3 is 20.1 Å². The Balaban J connectivity index is 1.66. The Morgan fingerprint density at radius 3 is 2.55 bits per heavy atom. The molecule has 1 aromatic heterocycles. The van der Waals surface area contributed by atoms with Crippen molar-refractivity contribution < 1.29 is 19.1 Å². The average molecular weight is 411 g/mol. The number of carbonyl (C=O) groups excluding carboxylic acids is 2. The molecule has 3 rings (SSSR count). The number of carbonyl (C=O) groups is 2. The van der Waals surface area contributed by atoms with Crippen LogP contribution in [0.2, 0.25) is 0 Å². The van der Waals surface area contributed by atoms with Crippen LogP contribution in [0.5, 0.6) is 11.5 Å². The summed E-state index contributed by atoms with van der Waals surface area (Å²) in [6, 6.07) is 12.7. The van der Waals surface area contributed by atoms with E-state index < -0.39 is 0 Å². The lowest BCUT2D eigenvalue weighted by molar-refractivity contribution is -0.114. The molecule has 0 radical (unpaired) electrons. The molecule has 7 nitrogen and oxygen atoms in total. The number of aromatic nitrogens is 1. The third kappa shape index (κ3) is 5.55. The third-order valence-electron chi connectivity index (χ3n) is 3.94. The van der Waals surface area contributed by atoms with Crippen LogP contribution in [0.3, 0.4) is 0 Å². The Kier molecular flexibility index (Phi) is 6.46. The lowest BCUT2D eigenvalue weighted by atomic mass is 10.2. The summed E-state index contributed by atoms with van der Waals surface area (Å²) in [5.41, 5.74) is 2.43. The normalized spacial score (nSPS) is 10.3. The summed E-state index contributed by atoms with van der Waals surface area (Å²) in [5, 5.41) is 7.81. The van der Waals surface area contributed by atoms with Gasteiger partial charge in [-0.2, -0.15) is 0 Å². The lowest BCUT2D eigenvalue weighted by Gasteiger charge is -2.11. The van der Waals surface area contributed by atoms with E-state index in [0.717, 1.165) is 11.3 Å². The molecule has 0 unspecified atom stereocenters. The molecule has 0 aliphatic rings. The lowest BCUT2D eigenvalue weighted by Crippen LogP contribution is -2.14. The number of nitrogens with zero attached hydrogens (tertiary/aromatic N) is 1. The van der Waals surface area contributed by atoms with Crippen LogP contribution in [0.15, 0.2) is 47.8 Å². The number of hydrogen-bond donors (Lipinski definition) is 2. The number of aryl methyl sites for hydroxylation is 1. The van der Waals surface area contributed by atoms with E-state index in [4.69, 9.17) is 9.47 Å². The van der Waals surface area contributed by atoms with Gasteiger partial charge in [-0.25, -0.2) is 4.98 Å². The SMILES string of the molecule is COc1ccc(NC(C)=O)cc1NC(=O)c1csc(COc2ccc(C)cc2)n1. The zero-order valence-corrected chi connectivity index (χ0v) is 17.1. The van der Waals surface area contributed by atoms with Crippen molar-refractivity contribution in [3.8, 4) is 11.5 Å². The summed E-state index contributed by atoms with van der Waals surface area (Å²) in [6.07, 6.45) is 0. The second-order valence-electron chi connectivity index (χ2n) is 6.28. The Morgan fingerprint density at radius 2 is 1.86 bits per heavy atom. The van der Waals surface area contributed by atoms with Gasteiger partial charge in [-0.05, 0) is 37.3 Å². The van der Waals surface area contributed by atoms with Crippen LogP contribution in [-0.4, -0.2) is 23.9 Å². The van der Waals surface area contributed by atoms with Crippen molar-refractivity contribution in [1.82, 2.24) is 4.98 Å². The van der Waals surface area contributed by atoms with E-state index in [1.54, 1.807) is 23.6 Å². The fourth-order valence-corrected chi connectivity index (χ4v) is 3.22. The quantitative estimate of drug-likeness (QED) is 0.607. The maximum Gasteiger partial charge on any atom is 0.275 e. The molecule has 8 heteroatoms. The summed E-state index contributed by atoms with van der Waals surface area (Å²) in [7, 11) is 1.51. The van der Waals surface area contributed by atoms with Gasteiger partial charge in [-0.15, -0.1) is 11.3 Å². The van der Waals surface area contributed by atoms with Gasteiger partial charge in [-0.1, -0.05) is 17.7 Å². The first-order chi connectivity index (χ1) is 13.9. The van der Waals surface area contributed by atoms with Crippen molar-refractivity contribution in [1.29, 1.82) is 0 Å². The zero-order chi connectivity index (χ0) is 20.8. The average Bonchev–Trinajstić information content (AvgIpc) is 3.16. The smallest absolute Gasteiger partial charge is 0.275 e. The van der Waals surface area contributed by atoms with E-state index in [9.17, 15) is 9.59 Å². The van der Waals surface area contributed by atoms with Gasteiger partial charge in [0.05, 0.1) is 12.8 Å². The Hall–Kier alpha value is -3.39. The van der Waals surface area contributed by atoms with E-state index in [1.807, 2.05) is 31.2 Å². The molecule has 0 aliphatic carbocycles. The van der Waals surface area contributed by atoms with Gasteiger partial charge in [0.1, 0.15) is 28.8 Å². The van der Waals surface area contributed by atoms with Crippen molar-refractivity contribution >= 4 is 34.5 Å². The molecule has 0 saturated heterocycles. The summed E-state index contributed by atoms with van der Waals surface area (Å²) in [6.45, 7) is 3.71. The van der Waals surface area contributed by atoms with Gasteiger partial charge in [-0.3, -0.25) is 9.59 Å². The predicted octanol–water partition coefficient (Wildman–Crippen LogP) is 4.25. The number of rotatable bonds is 7. The molecular weight excluding hydrogens is 390 g/mol. The van der Waals surface area contributed by atoms with E-state index in [-0.39, 0.29) is 24.1 Å². The second kappa shape index (κ2) is 9.20. The van der Waals surface area contributed by atoms with E-state index in [0.29, 0.717) is 22.1 Å². The number of hydrogen-bond acceptors (Lipinski definition) is 6. The van der Waals surface area contributed by atoms with Crippen molar-refractivity contribution in [3.63, 3.8) is 0 Å². The Morgan fingerprint density at radius 1 is 1.10 bits per heavy atom. The molecular formula is C21H21N3O4S. The molecule has 2 amide bonds. The highest BCUT2D eigenvalue weighted by Gasteiger charge is 2.14. The van der Waals surface area contributed by atoms with Crippen LogP contribution >= 0.6 is 11.3 Å². The summed E-state index contributed by atoms with van der Waals surface area (Å²) >= 11 is 1.35. The largest absolute Gasteiger partial charge is 0.495 e. The predicted molar refractivity (Wildman–Crippen MR) is 113 cm³/mol. The van der Waals surface area contributed by atoms with Crippen molar-refractivity contribution in [2.75, 3.05) is 17.7 Å². The molecule has 2 N–H and O–H groups in total. The molecule has 0 atom stereocenters. The van der Waals surface area contributed by atoms with Gasteiger partial charge in [0.2, 0.25) is 5.91 Å². The number of thiazole rings is 1. The van der Waals surface area contributed by atoms with Gasteiger partial charge in [0.15, 0.2) is 0 Å². The monoisotopic (exact) mass is 411 g/mol. The molecule has 1 heterocycles. The summed E-state index contributed by atoms with van der Waals surface area (Å²) < 4.78 is 11.0. The van der Waals surface area contributed by atoms with Crippen LogP contribution in [0.4, 0.5) is 11.4 Å². The van der Waals surface area contributed by atoms with Crippen LogP contribution < -0.4 is 20.1 Å². The number of ether oxygens (including phenoxy) is 2. The van der Waals surface area contributed by atoms with E-state index in [1.165, 1.54) is 25.4 Å². The number of nitrogens with one attached hydrogen (secondary N) is 2. The molecule has 2 aromatic carbocycles. The van der Waals surface area contributed by atoms with Crippen LogP contribution in [0, 0.1) is 6.92 Å². The highest BCUT2D eigenvalue weighted by molar-refractivity contribution is 7.09. The molecule has 0 saturated carbocycles.